The van der Waals surface area contributed by atoms with Crippen LogP contribution in [0.1, 0.15) is 17.2 Å². The zero-order valence-corrected chi connectivity index (χ0v) is 16.2. The van der Waals surface area contributed by atoms with Gasteiger partial charge in [-0.2, -0.15) is 0 Å². The number of methoxy groups -OCH3 is 2. The minimum atomic E-state index is -0.781. The van der Waals surface area contributed by atoms with Crippen LogP contribution in [0.25, 0.3) is 10.9 Å². The molecule has 1 heterocycles. The molecule has 2 aromatic carbocycles. The Kier molecular flexibility index (Phi) is 6.06. The fraction of sp³-hybridized carbons (Fsp3) is 0.286. The van der Waals surface area contributed by atoms with E-state index in [2.05, 4.69) is 10.6 Å². The van der Waals surface area contributed by atoms with E-state index in [0.717, 1.165) is 22.0 Å². The molecule has 1 aromatic heterocycles. The maximum Gasteiger partial charge on any atom is 0.315 e. The average Bonchev–Trinajstić information content (AvgIpc) is 3.10. The second-order valence-electron chi connectivity index (χ2n) is 6.51. The van der Waals surface area contributed by atoms with Crippen LogP contribution < -0.4 is 20.1 Å². The summed E-state index contributed by atoms with van der Waals surface area (Å²) in [5.41, 5.74) is 2.73. The van der Waals surface area contributed by atoms with Gasteiger partial charge in [0.1, 0.15) is 0 Å². The Morgan fingerprint density at radius 3 is 2.61 bits per heavy atom. The van der Waals surface area contributed by atoms with Gasteiger partial charge in [0.05, 0.1) is 20.3 Å². The topological polar surface area (TPSA) is 84.8 Å². The molecule has 0 saturated heterocycles. The Morgan fingerprint density at radius 1 is 1.07 bits per heavy atom. The third-order valence-electron chi connectivity index (χ3n) is 4.65. The number of hydrogen-bond acceptors (Lipinski definition) is 4. The number of carbonyl (C=O) groups is 1. The molecule has 2 amide bonds. The molecule has 3 N–H and O–H groups in total. The number of urea groups is 1. The quantitative estimate of drug-likeness (QED) is 0.586. The molecule has 0 saturated carbocycles. The van der Waals surface area contributed by atoms with Gasteiger partial charge < -0.3 is 29.8 Å². The number of ether oxygens (including phenoxy) is 2. The highest BCUT2D eigenvalue weighted by atomic mass is 16.5. The molecule has 3 rings (SSSR count). The van der Waals surface area contributed by atoms with Crippen LogP contribution in [0.15, 0.2) is 48.7 Å². The van der Waals surface area contributed by atoms with Crippen molar-refractivity contribution in [2.45, 2.75) is 12.6 Å². The molecular weight excluding hydrogens is 358 g/mol. The van der Waals surface area contributed by atoms with E-state index in [-0.39, 0.29) is 12.6 Å². The highest BCUT2D eigenvalue weighted by molar-refractivity contribution is 5.81. The van der Waals surface area contributed by atoms with Gasteiger partial charge in [-0.1, -0.05) is 12.1 Å². The van der Waals surface area contributed by atoms with Crippen LogP contribution in [0.3, 0.4) is 0 Å². The van der Waals surface area contributed by atoms with Crippen molar-refractivity contribution < 1.29 is 19.4 Å². The first kappa shape index (κ1) is 19.6. The van der Waals surface area contributed by atoms with E-state index in [1.165, 1.54) is 0 Å². The summed E-state index contributed by atoms with van der Waals surface area (Å²) in [4.78, 5) is 12.1. The Hall–Kier alpha value is -3.19. The maximum atomic E-state index is 12.1. The molecule has 0 radical (unpaired) electrons. The van der Waals surface area contributed by atoms with E-state index >= 15 is 0 Å². The van der Waals surface area contributed by atoms with Crippen LogP contribution in [0.4, 0.5) is 4.79 Å². The highest BCUT2D eigenvalue weighted by Gasteiger charge is 2.11. The third-order valence-corrected chi connectivity index (χ3v) is 4.65. The number of nitrogens with one attached hydrogen (secondary N) is 2. The lowest BCUT2D eigenvalue weighted by molar-refractivity contribution is 0.173. The van der Waals surface area contributed by atoms with Crippen LogP contribution in [-0.4, -0.2) is 36.5 Å². The number of aromatic nitrogens is 1. The summed E-state index contributed by atoms with van der Waals surface area (Å²) in [5, 5.41) is 16.9. The first-order valence-corrected chi connectivity index (χ1v) is 8.97. The lowest BCUT2D eigenvalue weighted by Crippen LogP contribution is -2.37. The summed E-state index contributed by atoms with van der Waals surface area (Å²) in [6.45, 7) is 0.453. The number of hydrogen-bond donors (Lipinski definition) is 3. The molecule has 148 valence electrons. The van der Waals surface area contributed by atoms with Crippen molar-refractivity contribution in [2.75, 3.05) is 20.8 Å². The third kappa shape index (κ3) is 4.37. The number of benzene rings is 2. The molecule has 7 nitrogen and oxygen atoms in total. The molecule has 28 heavy (non-hydrogen) atoms. The average molecular weight is 383 g/mol. The van der Waals surface area contributed by atoms with Crippen molar-refractivity contribution in [3.63, 3.8) is 0 Å². The lowest BCUT2D eigenvalue weighted by Gasteiger charge is -2.14. The molecule has 0 fully saturated rings. The maximum absolute atomic E-state index is 12.1. The first-order valence-electron chi connectivity index (χ1n) is 8.97. The summed E-state index contributed by atoms with van der Waals surface area (Å²) in [7, 11) is 5.11. The Labute approximate surface area is 163 Å². The van der Waals surface area contributed by atoms with Gasteiger partial charge in [0, 0.05) is 31.9 Å². The number of aryl methyl sites for hydroxylation is 1. The zero-order chi connectivity index (χ0) is 20.1. The zero-order valence-electron chi connectivity index (χ0n) is 16.2. The van der Waals surface area contributed by atoms with Crippen LogP contribution in [-0.2, 0) is 13.6 Å². The molecule has 0 spiro atoms. The van der Waals surface area contributed by atoms with E-state index in [1.54, 1.807) is 20.3 Å². The van der Waals surface area contributed by atoms with Crippen molar-refractivity contribution in [3.05, 3.63) is 59.8 Å². The monoisotopic (exact) mass is 383 g/mol. The SMILES string of the molecule is COc1ccc(CNC(=O)NCC(O)c2ccc3c(ccn3C)c2)cc1OC. The molecule has 3 aromatic rings. The normalized spacial score (nSPS) is 11.9. The predicted octanol–water partition coefficient (Wildman–Crippen LogP) is 2.73. The number of aliphatic hydroxyl groups excluding tert-OH is 1. The van der Waals surface area contributed by atoms with Gasteiger partial charge in [0.2, 0.25) is 0 Å². The van der Waals surface area contributed by atoms with Crippen molar-refractivity contribution in [1.29, 1.82) is 0 Å². The summed E-state index contributed by atoms with van der Waals surface area (Å²) >= 11 is 0. The van der Waals surface area contributed by atoms with Crippen LogP contribution in [0, 0.1) is 0 Å². The van der Waals surface area contributed by atoms with Crippen molar-refractivity contribution in [3.8, 4) is 11.5 Å². The molecular formula is C21H25N3O4. The second kappa shape index (κ2) is 8.67. The molecule has 0 bridgehead atoms. The van der Waals surface area contributed by atoms with Gasteiger partial charge in [-0.25, -0.2) is 4.79 Å². The minimum Gasteiger partial charge on any atom is -0.493 e. The summed E-state index contributed by atoms with van der Waals surface area (Å²) in [5.74, 6) is 1.24. The number of aliphatic hydroxyl groups is 1. The fourth-order valence-electron chi connectivity index (χ4n) is 3.05. The van der Waals surface area contributed by atoms with Gasteiger partial charge in [0.15, 0.2) is 11.5 Å². The number of carbonyl (C=O) groups excluding carboxylic acids is 1. The van der Waals surface area contributed by atoms with Gasteiger partial charge in [0.25, 0.3) is 0 Å². The largest absolute Gasteiger partial charge is 0.493 e. The highest BCUT2D eigenvalue weighted by Crippen LogP contribution is 2.27. The van der Waals surface area contributed by atoms with Gasteiger partial charge in [-0.05, 0) is 46.8 Å². The standard InChI is InChI=1S/C21H25N3O4/c1-24-9-8-15-11-16(5-6-17(15)24)18(25)13-23-21(26)22-12-14-4-7-19(27-2)20(10-14)28-3/h4-11,18,25H,12-13H2,1-3H3,(H2,22,23,26). The van der Waals surface area contributed by atoms with Crippen LogP contribution in [0.5, 0.6) is 11.5 Å². The van der Waals surface area contributed by atoms with E-state index in [1.807, 2.05) is 54.2 Å². The molecule has 0 aliphatic rings. The Morgan fingerprint density at radius 2 is 1.86 bits per heavy atom. The molecule has 1 unspecified atom stereocenters. The fourth-order valence-corrected chi connectivity index (χ4v) is 3.05. The molecule has 1 atom stereocenters. The molecule has 0 aliphatic carbocycles. The minimum absolute atomic E-state index is 0.121. The van der Waals surface area contributed by atoms with Crippen molar-refractivity contribution in [2.24, 2.45) is 7.05 Å². The van der Waals surface area contributed by atoms with Crippen LogP contribution in [0.2, 0.25) is 0 Å². The number of amides is 2. The van der Waals surface area contributed by atoms with E-state index in [9.17, 15) is 9.90 Å². The Balaban J connectivity index is 1.52. The number of nitrogens with zero attached hydrogens (tertiary/aromatic N) is 1. The van der Waals surface area contributed by atoms with E-state index in [4.69, 9.17) is 9.47 Å². The number of fused-ring (bicyclic) bond motifs is 1. The Bertz CT molecular complexity index is 967. The predicted molar refractivity (Wildman–Crippen MR) is 108 cm³/mol. The smallest absolute Gasteiger partial charge is 0.315 e. The molecule has 0 aliphatic heterocycles. The number of rotatable bonds is 7. The van der Waals surface area contributed by atoms with Gasteiger partial charge in [-0.15, -0.1) is 0 Å². The van der Waals surface area contributed by atoms with Crippen LogP contribution >= 0.6 is 0 Å². The van der Waals surface area contributed by atoms with Gasteiger partial charge in [-0.3, -0.25) is 0 Å². The second-order valence-corrected chi connectivity index (χ2v) is 6.51. The van der Waals surface area contributed by atoms with E-state index in [0.29, 0.717) is 18.0 Å². The summed E-state index contributed by atoms with van der Waals surface area (Å²) in [6.07, 6.45) is 1.19. The summed E-state index contributed by atoms with van der Waals surface area (Å²) < 4.78 is 12.5. The van der Waals surface area contributed by atoms with E-state index < -0.39 is 6.10 Å². The molecule has 7 heteroatoms. The van der Waals surface area contributed by atoms with Crippen molar-refractivity contribution in [1.82, 2.24) is 15.2 Å². The summed E-state index contributed by atoms with van der Waals surface area (Å²) in [6, 6.07) is 12.9. The lowest BCUT2D eigenvalue weighted by atomic mass is 10.1. The first-order chi connectivity index (χ1) is 13.5. The van der Waals surface area contributed by atoms with Gasteiger partial charge >= 0.3 is 6.03 Å². The van der Waals surface area contributed by atoms with Crippen molar-refractivity contribution >= 4 is 16.9 Å².